The molecule has 234 valence electrons. The number of pyridine rings is 1. The van der Waals surface area contributed by atoms with Gasteiger partial charge in [0.25, 0.3) is 11.5 Å². The first-order chi connectivity index (χ1) is 21.8. The van der Waals surface area contributed by atoms with Crippen molar-refractivity contribution in [1.82, 2.24) is 19.9 Å². The number of hydrogen-bond donors (Lipinski definition) is 4. The Bertz CT molecular complexity index is 1820. The van der Waals surface area contributed by atoms with Crippen LogP contribution in [0.2, 0.25) is 0 Å². The first-order valence-electron chi connectivity index (χ1n) is 14.6. The summed E-state index contributed by atoms with van der Waals surface area (Å²) in [5.41, 5.74) is 1.47. The van der Waals surface area contributed by atoms with Crippen molar-refractivity contribution in [1.29, 1.82) is 0 Å². The quantitative estimate of drug-likeness (QED) is 0.178. The lowest BCUT2D eigenvalue weighted by Gasteiger charge is -2.18. The number of benzene rings is 3. The van der Waals surface area contributed by atoms with Gasteiger partial charge >= 0.3 is 0 Å². The standard InChI is InChI=1S/C32H29F2N5O4.C2H6/c1-19-10-11-21(31(43)35-15-14-20-6-3-2-4-7-20)16-24(19)28-23-12-13-27(42)39(29-25(33)8-5-9-26(29)34)30(23)38-32(37-28)36-22(17-40)18-41;1-2/h2-13,16,22,40-41H,14-15,17-18H2,1H3,(H,35,43)(H,36,37,38);1-2H3. The summed E-state index contributed by atoms with van der Waals surface area (Å²) >= 11 is 0. The number of para-hydroxylation sites is 1. The molecule has 0 atom stereocenters. The SMILES string of the molecule is CC.Cc1ccc(C(=O)NCCc2ccccc2)cc1-c1nc(NC(CO)CO)nc2c1ccc(=O)n2-c1c(F)cccc1F. The van der Waals surface area contributed by atoms with Crippen LogP contribution in [-0.4, -0.2) is 56.5 Å². The van der Waals surface area contributed by atoms with E-state index < -0.39 is 42.1 Å². The fourth-order valence-corrected chi connectivity index (χ4v) is 4.72. The molecule has 1 amide bonds. The third kappa shape index (κ3) is 7.39. The van der Waals surface area contributed by atoms with Crippen LogP contribution in [-0.2, 0) is 6.42 Å². The molecular weight excluding hydrogens is 580 g/mol. The van der Waals surface area contributed by atoms with Gasteiger partial charge in [0.05, 0.1) is 24.9 Å². The van der Waals surface area contributed by atoms with Gasteiger partial charge in [0, 0.05) is 29.1 Å². The minimum atomic E-state index is -0.974. The number of carbonyl (C=O) groups is 1. The molecule has 0 radical (unpaired) electrons. The number of fused-ring (bicyclic) bond motifs is 1. The van der Waals surface area contributed by atoms with Gasteiger partial charge in [-0.3, -0.25) is 14.2 Å². The summed E-state index contributed by atoms with van der Waals surface area (Å²) in [4.78, 5) is 35.1. The van der Waals surface area contributed by atoms with Gasteiger partial charge in [-0.25, -0.2) is 13.8 Å². The molecule has 2 heterocycles. The molecule has 4 N–H and O–H groups in total. The number of aromatic nitrogens is 3. The molecule has 5 rings (SSSR count). The third-order valence-electron chi connectivity index (χ3n) is 6.98. The number of carbonyl (C=O) groups excluding carboxylic acids is 1. The van der Waals surface area contributed by atoms with E-state index in [9.17, 15) is 28.6 Å². The minimum absolute atomic E-state index is 0.108. The van der Waals surface area contributed by atoms with E-state index in [0.717, 1.165) is 33.9 Å². The van der Waals surface area contributed by atoms with Crippen molar-refractivity contribution in [3.05, 3.63) is 118 Å². The van der Waals surface area contributed by atoms with Crippen LogP contribution in [0.4, 0.5) is 14.7 Å². The van der Waals surface area contributed by atoms with Gasteiger partial charge in [0.2, 0.25) is 5.95 Å². The number of anilines is 1. The third-order valence-corrected chi connectivity index (χ3v) is 6.98. The number of nitrogens with zero attached hydrogens (tertiary/aromatic N) is 3. The van der Waals surface area contributed by atoms with Gasteiger partial charge in [-0.15, -0.1) is 0 Å². The van der Waals surface area contributed by atoms with Crippen molar-refractivity contribution in [3.63, 3.8) is 0 Å². The number of nitrogens with one attached hydrogen (secondary N) is 2. The van der Waals surface area contributed by atoms with Gasteiger partial charge in [0.1, 0.15) is 17.3 Å². The van der Waals surface area contributed by atoms with Crippen LogP contribution in [0.15, 0.2) is 83.7 Å². The molecule has 0 bridgehead atoms. The second-order valence-corrected chi connectivity index (χ2v) is 9.94. The lowest BCUT2D eigenvalue weighted by atomic mass is 9.99. The van der Waals surface area contributed by atoms with Gasteiger partial charge in [-0.05, 0) is 54.8 Å². The molecule has 0 spiro atoms. The van der Waals surface area contributed by atoms with E-state index in [-0.39, 0.29) is 28.6 Å². The highest BCUT2D eigenvalue weighted by molar-refractivity contribution is 5.98. The fraction of sp³-hybridized carbons (Fsp3) is 0.235. The van der Waals surface area contributed by atoms with E-state index in [0.29, 0.717) is 24.1 Å². The average molecular weight is 616 g/mol. The number of halogens is 2. The molecule has 0 saturated heterocycles. The summed E-state index contributed by atoms with van der Waals surface area (Å²) in [6.07, 6.45) is 0.651. The Morgan fingerprint density at radius 3 is 2.27 bits per heavy atom. The molecule has 0 fully saturated rings. The predicted molar refractivity (Wildman–Crippen MR) is 171 cm³/mol. The normalized spacial score (nSPS) is 10.8. The molecule has 45 heavy (non-hydrogen) atoms. The molecule has 11 heteroatoms. The summed E-state index contributed by atoms with van der Waals surface area (Å²) in [6, 6.07) is 19.8. The summed E-state index contributed by atoms with van der Waals surface area (Å²) in [6.45, 7) is 5.30. The molecule has 0 aliphatic heterocycles. The second kappa shape index (κ2) is 15.1. The minimum Gasteiger partial charge on any atom is -0.394 e. The molecule has 5 aromatic rings. The Morgan fingerprint density at radius 1 is 0.911 bits per heavy atom. The highest BCUT2D eigenvalue weighted by Crippen LogP contribution is 2.32. The maximum atomic E-state index is 14.9. The van der Waals surface area contributed by atoms with Gasteiger partial charge in [-0.2, -0.15) is 4.98 Å². The molecule has 0 aliphatic carbocycles. The van der Waals surface area contributed by atoms with Gasteiger partial charge in [0.15, 0.2) is 5.65 Å². The Kier molecular flexibility index (Phi) is 11.1. The van der Waals surface area contributed by atoms with Gasteiger partial charge < -0.3 is 20.8 Å². The van der Waals surface area contributed by atoms with E-state index in [1.807, 2.05) is 51.1 Å². The highest BCUT2D eigenvalue weighted by Gasteiger charge is 2.22. The fourth-order valence-electron chi connectivity index (χ4n) is 4.72. The van der Waals surface area contributed by atoms with E-state index in [2.05, 4.69) is 20.6 Å². The number of amides is 1. The largest absolute Gasteiger partial charge is 0.394 e. The van der Waals surface area contributed by atoms with Crippen LogP contribution >= 0.6 is 0 Å². The lowest BCUT2D eigenvalue weighted by Crippen LogP contribution is -2.29. The van der Waals surface area contributed by atoms with Crippen LogP contribution in [0.3, 0.4) is 0 Å². The molecule has 3 aromatic carbocycles. The zero-order valence-electron chi connectivity index (χ0n) is 25.2. The number of aryl methyl sites for hydroxylation is 1. The predicted octanol–water partition coefficient (Wildman–Crippen LogP) is 4.80. The smallest absolute Gasteiger partial charge is 0.256 e. The Morgan fingerprint density at radius 2 is 1.60 bits per heavy atom. The number of hydrogen-bond acceptors (Lipinski definition) is 7. The van der Waals surface area contributed by atoms with E-state index in [1.54, 1.807) is 18.2 Å². The van der Waals surface area contributed by atoms with Crippen molar-refractivity contribution in [2.24, 2.45) is 0 Å². The molecule has 0 aliphatic rings. The van der Waals surface area contributed by atoms with Crippen molar-refractivity contribution in [3.8, 4) is 16.9 Å². The first kappa shape index (κ1) is 32.9. The monoisotopic (exact) mass is 615 g/mol. The van der Waals surface area contributed by atoms with Crippen molar-refractivity contribution < 1.29 is 23.8 Å². The van der Waals surface area contributed by atoms with E-state index in [4.69, 9.17) is 0 Å². The number of aliphatic hydroxyl groups is 2. The van der Waals surface area contributed by atoms with Crippen LogP contribution in [0.5, 0.6) is 0 Å². The number of rotatable bonds is 10. The first-order valence-corrected chi connectivity index (χ1v) is 14.6. The van der Waals surface area contributed by atoms with Crippen LogP contribution in [0, 0.1) is 18.6 Å². The van der Waals surface area contributed by atoms with E-state index in [1.165, 1.54) is 12.1 Å². The second-order valence-electron chi connectivity index (χ2n) is 9.94. The van der Waals surface area contributed by atoms with Crippen LogP contribution in [0.1, 0.15) is 35.3 Å². The Hall–Kier alpha value is -5.00. The van der Waals surface area contributed by atoms with Gasteiger partial charge in [-0.1, -0.05) is 56.3 Å². The van der Waals surface area contributed by atoms with Crippen LogP contribution in [0.25, 0.3) is 28.0 Å². The maximum absolute atomic E-state index is 14.9. The zero-order chi connectivity index (χ0) is 32.5. The zero-order valence-corrected chi connectivity index (χ0v) is 25.2. The molecule has 0 unspecified atom stereocenters. The molecule has 0 saturated carbocycles. The summed E-state index contributed by atoms with van der Waals surface area (Å²) < 4.78 is 30.7. The number of aliphatic hydroxyl groups excluding tert-OH is 2. The average Bonchev–Trinajstić information content (AvgIpc) is 3.05. The maximum Gasteiger partial charge on any atom is 0.256 e. The summed E-state index contributed by atoms with van der Waals surface area (Å²) in [7, 11) is 0. The topological polar surface area (TPSA) is 129 Å². The lowest BCUT2D eigenvalue weighted by molar-refractivity contribution is 0.0954. The molecule has 2 aromatic heterocycles. The molecule has 9 nitrogen and oxygen atoms in total. The summed E-state index contributed by atoms with van der Waals surface area (Å²) in [5, 5.41) is 25.3. The van der Waals surface area contributed by atoms with Crippen LogP contribution < -0.4 is 16.2 Å². The summed E-state index contributed by atoms with van der Waals surface area (Å²) in [5.74, 6) is -2.36. The Balaban J connectivity index is 0.00000226. The molecular formula is C34H35F2N5O4. The van der Waals surface area contributed by atoms with Crippen molar-refractivity contribution in [2.45, 2.75) is 33.2 Å². The van der Waals surface area contributed by atoms with E-state index >= 15 is 0 Å². The highest BCUT2D eigenvalue weighted by atomic mass is 19.1. The Labute approximate surface area is 259 Å². The van der Waals surface area contributed by atoms with Crippen molar-refractivity contribution >= 4 is 22.9 Å². The van der Waals surface area contributed by atoms with Crippen molar-refractivity contribution in [2.75, 3.05) is 25.1 Å².